The van der Waals surface area contributed by atoms with Crippen LogP contribution >= 0.6 is 0 Å². The van der Waals surface area contributed by atoms with Crippen LogP contribution < -0.4 is 15.2 Å². The van der Waals surface area contributed by atoms with Crippen LogP contribution in [0.5, 0.6) is 17.5 Å². The number of rotatable bonds is 3. The highest BCUT2D eigenvalue weighted by molar-refractivity contribution is 5.52. The van der Waals surface area contributed by atoms with Gasteiger partial charge in [0.15, 0.2) is 11.5 Å². The number of hydrogen-bond donors (Lipinski definition) is 1. The highest BCUT2D eigenvalue weighted by Crippen LogP contribution is 2.31. The SMILES string of the molecule is COc1cc(N)ccc1Oc1ncccn1. The van der Waals surface area contributed by atoms with E-state index in [1.807, 2.05) is 0 Å². The molecule has 0 radical (unpaired) electrons. The molecule has 5 heteroatoms. The summed E-state index contributed by atoms with van der Waals surface area (Å²) < 4.78 is 10.6. The molecule has 0 aliphatic carbocycles. The molecule has 0 atom stereocenters. The average Bonchev–Trinajstić information content (AvgIpc) is 2.33. The van der Waals surface area contributed by atoms with Gasteiger partial charge in [-0.05, 0) is 18.2 Å². The number of nitrogens with two attached hydrogens (primary N) is 1. The highest BCUT2D eigenvalue weighted by Gasteiger charge is 2.06. The Bertz CT molecular complexity index is 474. The van der Waals surface area contributed by atoms with Crippen LogP contribution in [0.25, 0.3) is 0 Å². The fourth-order valence-corrected chi connectivity index (χ4v) is 1.20. The number of ether oxygens (including phenoxy) is 2. The summed E-state index contributed by atoms with van der Waals surface area (Å²) in [6.07, 6.45) is 3.21. The molecular formula is C11H11N3O2. The molecule has 0 unspecified atom stereocenters. The fourth-order valence-electron chi connectivity index (χ4n) is 1.20. The molecule has 0 spiro atoms. The van der Waals surface area contributed by atoms with E-state index in [2.05, 4.69) is 9.97 Å². The lowest BCUT2D eigenvalue weighted by Crippen LogP contribution is -1.95. The second kappa shape index (κ2) is 4.48. The molecule has 0 saturated heterocycles. The molecule has 82 valence electrons. The van der Waals surface area contributed by atoms with Crippen molar-refractivity contribution in [3.63, 3.8) is 0 Å². The van der Waals surface area contributed by atoms with E-state index in [0.717, 1.165) is 0 Å². The molecule has 1 aromatic carbocycles. The lowest BCUT2D eigenvalue weighted by Gasteiger charge is -2.08. The number of hydrogen-bond acceptors (Lipinski definition) is 5. The third-order valence-corrected chi connectivity index (χ3v) is 1.93. The zero-order valence-electron chi connectivity index (χ0n) is 8.75. The minimum absolute atomic E-state index is 0.269. The molecule has 0 bridgehead atoms. The number of methoxy groups -OCH3 is 1. The van der Waals surface area contributed by atoms with E-state index in [4.69, 9.17) is 15.2 Å². The molecule has 5 nitrogen and oxygen atoms in total. The summed E-state index contributed by atoms with van der Waals surface area (Å²) in [4.78, 5) is 7.90. The van der Waals surface area contributed by atoms with Gasteiger partial charge in [0, 0.05) is 24.1 Å². The standard InChI is InChI=1S/C11H11N3O2/c1-15-10-7-8(12)3-4-9(10)16-11-13-5-2-6-14-11/h2-7H,12H2,1H3. The van der Waals surface area contributed by atoms with Gasteiger partial charge >= 0.3 is 6.01 Å². The van der Waals surface area contributed by atoms with E-state index in [9.17, 15) is 0 Å². The topological polar surface area (TPSA) is 70.3 Å². The van der Waals surface area contributed by atoms with Gasteiger partial charge in [-0.3, -0.25) is 0 Å². The molecule has 1 heterocycles. The minimum Gasteiger partial charge on any atom is -0.493 e. The zero-order valence-corrected chi connectivity index (χ0v) is 8.75. The maximum Gasteiger partial charge on any atom is 0.321 e. The summed E-state index contributed by atoms with van der Waals surface area (Å²) in [6.45, 7) is 0. The molecule has 1 aromatic heterocycles. The van der Waals surface area contributed by atoms with Gasteiger partial charge in [-0.2, -0.15) is 0 Å². The number of nitrogens with zero attached hydrogens (tertiary/aromatic N) is 2. The fraction of sp³-hybridized carbons (Fsp3) is 0.0909. The van der Waals surface area contributed by atoms with Gasteiger partial charge in [-0.25, -0.2) is 9.97 Å². The largest absolute Gasteiger partial charge is 0.493 e. The van der Waals surface area contributed by atoms with Crippen molar-refractivity contribution in [2.45, 2.75) is 0 Å². The van der Waals surface area contributed by atoms with Crippen molar-refractivity contribution in [3.8, 4) is 17.5 Å². The highest BCUT2D eigenvalue weighted by atomic mass is 16.5. The lowest BCUT2D eigenvalue weighted by atomic mass is 10.3. The molecule has 0 amide bonds. The third kappa shape index (κ3) is 2.20. The first-order chi connectivity index (χ1) is 7.79. The van der Waals surface area contributed by atoms with Crippen molar-refractivity contribution in [3.05, 3.63) is 36.7 Å². The van der Waals surface area contributed by atoms with Crippen LogP contribution in [-0.2, 0) is 0 Å². The monoisotopic (exact) mass is 217 g/mol. The Hall–Kier alpha value is -2.30. The van der Waals surface area contributed by atoms with E-state index in [1.54, 1.807) is 43.8 Å². The first-order valence-electron chi connectivity index (χ1n) is 4.68. The molecule has 0 fully saturated rings. The Morgan fingerprint density at radius 2 is 1.88 bits per heavy atom. The van der Waals surface area contributed by atoms with Crippen molar-refractivity contribution in [2.24, 2.45) is 0 Å². The number of nitrogen functional groups attached to an aromatic ring is 1. The van der Waals surface area contributed by atoms with Crippen molar-refractivity contribution in [1.29, 1.82) is 0 Å². The van der Waals surface area contributed by atoms with Gasteiger partial charge in [-0.1, -0.05) is 0 Å². The van der Waals surface area contributed by atoms with Crippen LogP contribution in [0.1, 0.15) is 0 Å². The Morgan fingerprint density at radius 1 is 1.12 bits per heavy atom. The van der Waals surface area contributed by atoms with Crippen molar-refractivity contribution in [2.75, 3.05) is 12.8 Å². The van der Waals surface area contributed by atoms with E-state index >= 15 is 0 Å². The number of anilines is 1. The first kappa shape index (κ1) is 10.2. The van der Waals surface area contributed by atoms with E-state index in [0.29, 0.717) is 17.2 Å². The van der Waals surface area contributed by atoms with Gasteiger partial charge in [0.25, 0.3) is 0 Å². The Balaban J connectivity index is 2.28. The van der Waals surface area contributed by atoms with Crippen LogP contribution in [0.15, 0.2) is 36.7 Å². The second-order valence-corrected chi connectivity index (χ2v) is 3.04. The first-order valence-corrected chi connectivity index (χ1v) is 4.68. The summed E-state index contributed by atoms with van der Waals surface area (Å²) in [5.41, 5.74) is 6.24. The van der Waals surface area contributed by atoms with E-state index in [-0.39, 0.29) is 6.01 Å². The van der Waals surface area contributed by atoms with Crippen molar-refractivity contribution >= 4 is 5.69 Å². The molecule has 16 heavy (non-hydrogen) atoms. The summed E-state index contributed by atoms with van der Waals surface area (Å²) in [6, 6.07) is 7.10. The average molecular weight is 217 g/mol. The van der Waals surface area contributed by atoms with E-state index in [1.165, 1.54) is 0 Å². The predicted molar refractivity (Wildman–Crippen MR) is 59.5 cm³/mol. The molecule has 2 aromatic rings. The Morgan fingerprint density at radius 3 is 2.56 bits per heavy atom. The Kier molecular flexibility index (Phi) is 2.86. The predicted octanol–water partition coefficient (Wildman–Crippen LogP) is 1.86. The maximum atomic E-state index is 5.63. The van der Waals surface area contributed by atoms with Gasteiger partial charge in [-0.15, -0.1) is 0 Å². The minimum atomic E-state index is 0.269. The van der Waals surface area contributed by atoms with Crippen LogP contribution in [0.2, 0.25) is 0 Å². The van der Waals surface area contributed by atoms with Gasteiger partial charge in [0.1, 0.15) is 0 Å². The number of benzene rings is 1. The lowest BCUT2D eigenvalue weighted by molar-refractivity contribution is 0.368. The van der Waals surface area contributed by atoms with Gasteiger partial charge in [0.2, 0.25) is 0 Å². The normalized spacial score (nSPS) is 9.81. The molecular weight excluding hydrogens is 206 g/mol. The van der Waals surface area contributed by atoms with E-state index < -0.39 is 0 Å². The molecule has 2 N–H and O–H groups in total. The quantitative estimate of drug-likeness (QED) is 0.794. The number of aromatic nitrogens is 2. The third-order valence-electron chi connectivity index (χ3n) is 1.93. The van der Waals surface area contributed by atoms with Gasteiger partial charge in [0.05, 0.1) is 7.11 Å². The zero-order chi connectivity index (χ0) is 11.4. The maximum absolute atomic E-state index is 5.63. The van der Waals surface area contributed by atoms with Crippen LogP contribution in [0, 0.1) is 0 Å². The smallest absolute Gasteiger partial charge is 0.321 e. The molecule has 0 saturated carbocycles. The van der Waals surface area contributed by atoms with Crippen LogP contribution in [0.3, 0.4) is 0 Å². The van der Waals surface area contributed by atoms with Crippen molar-refractivity contribution < 1.29 is 9.47 Å². The van der Waals surface area contributed by atoms with Gasteiger partial charge < -0.3 is 15.2 Å². The molecule has 2 rings (SSSR count). The molecule has 0 aliphatic rings. The Labute approximate surface area is 92.9 Å². The summed E-state index contributed by atoms with van der Waals surface area (Å²) in [5.74, 6) is 1.08. The summed E-state index contributed by atoms with van der Waals surface area (Å²) >= 11 is 0. The summed E-state index contributed by atoms with van der Waals surface area (Å²) in [7, 11) is 1.55. The summed E-state index contributed by atoms with van der Waals surface area (Å²) in [5, 5.41) is 0. The second-order valence-electron chi connectivity index (χ2n) is 3.04. The van der Waals surface area contributed by atoms with Crippen LogP contribution in [-0.4, -0.2) is 17.1 Å². The molecule has 0 aliphatic heterocycles. The van der Waals surface area contributed by atoms with Crippen molar-refractivity contribution in [1.82, 2.24) is 9.97 Å². The van der Waals surface area contributed by atoms with Crippen LogP contribution in [0.4, 0.5) is 5.69 Å².